The van der Waals surface area contributed by atoms with Gasteiger partial charge in [0, 0.05) is 24.7 Å². The first-order chi connectivity index (χ1) is 15.8. The van der Waals surface area contributed by atoms with Gasteiger partial charge in [0.2, 0.25) is 5.88 Å². The Morgan fingerprint density at radius 2 is 2.00 bits per heavy atom. The fourth-order valence-electron chi connectivity index (χ4n) is 3.43. The van der Waals surface area contributed by atoms with Crippen LogP contribution in [0.1, 0.15) is 18.4 Å². The van der Waals surface area contributed by atoms with E-state index in [9.17, 15) is 18.0 Å². The molecule has 0 aliphatic carbocycles. The quantitative estimate of drug-likeness (QED) is 0.585. The van der Waals surface area contributed by atoms with E-state index in [-0.39, 0.29) is 5.82 Å². The Kier molecular flexibility index (Phi) is 6.29. The van der Waals surface area contributed by atoms with Gasteiger partial charge in [0.25, 0.3) is 0 Å². The zero-order chi connectivity index (χ0) is 23.4. The van der Waals surface area contributed by atoms with Gasteiger partial charge in [-0.2, -0.15) is 13.2 Å². The summed E-state index contributed by atoms with van der Waals surface area (Å²) >= 11 is 0. The number of nitrogens with zero attached hydrogens (tertiary/aromatic N) is 4. The van der Waals surface area contributed by atoms with Gasteiger partial charge in [-0.25, -0.2) is 19.7 Å². The average Bonchev–Trinajstić information content (AvgIpc) is 2.79. The Morgan fingerprint density at radius 3 is 2.79 bits per heavy atom. The van der Waals surface area contributed by atoms with Crippen molar-refractivity contribution in [1.82, 2.24) is 15.0 Å². The molecule has 2 amide bonds. The fraction of sp³-hybridized carbons (Fsp3) is 0.273. The Hall–Kier alpha value is -3.89. The van der Waals surface area contributed by atoms with E-state index in [4.69, 9.17) is 4.74 Å². The van der Waals surface area contributed by atoms with E-state index < -0.39 is 17.8 Å². The summed E-state index contributed by atoms with van der Waals surface area (Å²) in [7, 11) is 1.45. The Morgan fingerprint density at radius 1 is 1.15 bits per heavy atom. The molecular weight excluding hydrogens is 437 g/mol. The molecule has 1 aliphatic heterocycles. The van der Waals surface area contributed by atoms with E-state index >= 15 is 0 Å². The number of methoxy groups -OCH3 is 1. The molecule has 11 heteroatoms. The van der Waals surface area contributed by atoms with Crippen LogP contribution in [0.2, 0.25) is 0 Å². The SMILES string of the molecule is COc1cc(NC(=O)N2CCCCNc3ccc(-c4cccc(C(F)(F)F)c4)nc32)ncn1. The smallest absolute Gasteiger partial charge is 0.416 e. The molecule has 0 saturated carbocycles. The second-order valence-electron chi connectivity index (χ2n) is 7.31. The minimum Gasteiger partial charge on any atom is -0.481 e. The van der Waals surface area contributed by atoms with Crippen LogP contribution >= 0.6 is 0 Å². The van der Waals surface area contributed by atoms with Crippen molar-refractivity contribution >= 4 is 23.4 Å². The molecule has 0 radical (unpaired) electrons. The van der Waals surface area contributed by atoms with Crippen LogP contribution in [0.5, 0.6) is 5.88 Å². The predicted octanol–water partition coefficient (Wildman–Crippen LogP) is 4.81. The third-order valence-electron chi connectivity index (χ3n) is 5.07. The molecular formula is C22H21F3N6O2. The molecule has 3 heterocycles. The summed E-state index contributed by atoms with van der Waals surface area (Å²) < 4.78 is 44.6. The number of halogens is 3. The van der Waals surface area contributed by atoms with Gasteiger partial charge in [0.05, 0.1) is 24.1 Å². The van der Waals surface area contributed by atoms with Crippen LogP contribution < -0.4 is 20.3 Å². The number of hydrogen-bond donors (Lipinski definition) is 2. The van der Waals surface area contributed by atoms with Crippen LogP contribution in [-0.4, -0.2) is 41.2 Å². The highest BCUT2D eigenvalue weighted by atomic mass is 19.4. The van der Waals surface area contributed by atoms with E-state index in [0.717, 1.165) is 18.6 Å². The Bertz CT molecular complexity index is 1150. The number of amides is 2. The van der Waals surface area contributed by atoms with Gasteiger partial charge in [-0.05, 0) is 37.1 Å². The van der Waals surface area contributed by atoms with Crippen LogP contribution in [0, 0.1) is 0 Å². The maximum atomic E-state index is 13.2. The van der Waals surface area contributed by atoms with Crippen molar-refractivity contribution in [2.75, 3.05) is 35.7 Å². The first-order valence-corrected chi connectivity index (χ1v) is 10.2. The number of carbonyl (C=O) groups is 1. The first kappa shape index (κ1) is 22.3. The van der Waals surface area contributed by atoms with Gasteiger partial charge in [0.1, 0.15) is 12.1 Å². The van der Waals surface area contributed by atoms with E-state index in [2.05, 4.69) is 25.6 Å². The largest absolute Gasteiger partial charge is 0.481 e. The normalized spacial score (nSPS) is 13.9. The van der Waals surface area contributed by atoms with E-state index in [1.807, 2.05) is 0 Å². The van der Waals surface area contributed by atoms with Crippen molar-refractivity contribution < 1.29 is 22.7 Å². The summed E-state index contributed by atoms with van der Waals surface area (Å²) in [5.74, 6) is 0.862. The average molecular weight is 458 g/mol. The van der Waals surface area contributed by atoms with Crippen molar-refractivity contribution in [3.05, 3.63) is 54.4 Å². The summed E-state index contributed by atoms with van der Waals surface area (Å²) in [6.07, 6.45) is -1.66. The molecule has 0 fully saturated rings. The molecule has 172 valence electrons. The van der Waals surface area contributed by atoms with Crippen molar-refractivity contribution in [3.63, 3.8) is 0 Å². The van der Waals surface area contributed by atoms with Gasteiger partial charge in [0.15, 0.2) is 5.82 Å². The lowest BCUT2D eigenvalue weighted by molar-refractivity contribution is -0.137. The number of aromatic nitrogens is 3. The summed E-state index contributed by atoms with van der Waals surface area (Å²) in [6.45, 7) is 1.07. The monoisotopic (exact) mass is 458 g/mol. The molecule has 1 aliphatic rings. The van der Waals surface area contributed by atoms with Gasteiger partial charge < -0.3 is 10.1 Å². The molecule has 1 aromatic carbocycles. The number of ether oxygens (including phenoxy) is 1. The highest BCUT2D eigenvalue weighted by Crippen LogP contribution is 2.34. The molecule has 0 spiro atoms. The lowest BCUT2D eigenvalue weighted by Crippen LogP contribution is -2.38. The molecule has 0 unspecified atom stereocenters. The molecule has 4 rings (SSSR count). The van der Waals surface area contributed by atoms with Crippen molar-refractivity contribution in [1.29, 1.82) is 0 Å². The highest BCUT2D eigenvalue weighted by Gasteiger charge is 2.31. The number of carbonyl (C=O) groups excluding carboxylic acids is 1. The van der Waals surface area contributed by atoms with Crippen molar-refractivity contribution in [2.24, 2.45) is 0 Å². The van der Waals surface area contributed by atoms with E-state index in [1.165, 1.54) is 30.5 Å². The number of anilines is 3. The van der Waals surface area contributed by atoms with Crippen LogP contribution in [-0.2, 0) is 6.18 Å². The minimum absolute atomic E-state index is 0.248. The lowest BCUT2D eigenvalue weighted by Gasteiger charge is -2.27. The standard InChI is InChI=1S/C22H21F3N6O2/c1-33-19-12-18(27-13-28-19)30-21(32)31-10-3-2-9-26-17-8-7-16(29-20(17)31)14-5-4-6-15(11-14)22(23,24)25/h4-8,11-13,26H,2-3,9-10H2,1H3,(H,27,28,30,32). The molecule has 8 nitrogen and oxygen atoms in total. The summed E-state index contributed by atoms with van der Waals surface area (Å²) in [5.41, 5.74) is 0.471. The molecule has 0 atom stereocenters. The molecule has 3 aromatic rings. The Balaban J connectivity index is 1.69. The summed E-state index contributed by atoms with van der Waals surface area (Å²) in [6, 6.07) is 9.30. The maximum absolute atomic E-state index is 13.2. The molecule has 33 heavy (non-hydrogen) atoms. The van der Waals surface area contributed by atoms with Gasteiger partial charge in [-0.3, -0.25) is 10.2 Å². The van der Waals surface area contributed by atoms with Gasteiger partial charge >= 0.3 is 12.2 Å². The molecule has 2 N–H and O–H groups in total. The van der Waals surface area contributed by atoms with E-state index in [1.54, 1.807) is 18.2 Å². The number of fused-ring (bicyclic) bond motifs is 1. The van der Waals surface area contributed by atoms with Gasteiger partial charge in [-0.15, -0.1) is 0 Å². The van der Waals surface area contributed by atoms with Crippen LogP contribution in [0.3, 0.4) is 0 Å². The lowest BCUT2D eigenvalue weighted by atomic mass is 10.1. The maximum Gasteiger partial charge on any atom is 0.416 e. The molecule has 0 saturated heterocycles. The minimum atomic E-state index is -4.47. The molecule has 2 aromatic heterocycles. The summed E-state index contributed by atoms with van der Waals surface area (Å²) in [5, 5.41) is 5.94. The van der Waals surface area contributed by atoms with Crippen LogP contribution in [0.25, 0.3) is 11.3 Å². The van der Waals surface area contributed by atoms with Crippen LogP contribution in [0.15, 0.2) is 48.8 Å². The summed E-state index contributed by atoms with van der Waals surface area (Å²) in [4.78, 5) is 27.1. The third kappa shape index (κ3) is 5.13. The topological polar surface area (TPSA) is 92.3 Å². The number of nitrogens with one attached hydrogen (secondary N) is 2. The van der Waals surface area contributed by atoms with Crippen LogP contribution in [0.4, 0.5) is 35.3 Å². The van der Waals surface area contributed by atoms with E-state index in [0.29, 0.717) is 48.2 Å². The second kappa shape index (κ2) is 9.31. The van der Waals surface area contributed by atoms with Crippen molar-refractivity contribution in [2.45, 2.75) is 19.0 Å². The highest BCUT2D eigenvalue weighted by molar-refractivity contribution is 6.02. The zero-order valence-corrected chi connectivity index (χ0v) is 17.7. The second-order valence-corrected chi connectivity index (χ2v) is 7.31. The number of pyridine rings is 1. The first-order valence-electron chi connectivity index (χ1n) is 10.2. The molecule has 0 bridgehead atoms. The number of benzene rings is 1. The van der Waals surface area contributed by atoms with Gasteiger partial charge in [-0.1, -0.05) is 12.1 Å². The number of urea groups is 1. The third-order valence-corrected chi connectivity index (χ3v) is 5.07. The number of hydrogen-bond acceptors (Lipinski definition) is 6. The number of alkyl halides is 3. The number of rotatable bonds is 3. The predicted molar refractivity (Wildman–Crippen MR) is 117 cm³/mol. The zero-order valence-electron chi connectivity index (χ0n) is 17.7. The fourth-order valence-corrected chi connectivity index (χ4v) is 3.43. The van der Waals surface area contributed by atoms with Crippen molar-refractivity contribution in [3.8, 4) is 17.1 Å². The Labute approximate surface area is 187 Å².